The van der Waals surface area contributed by atoms with Crippen LogP contribution in [0.3, 0.4) is 0 Å². The molecule has 1 aromatic heterocycles. The van der Waals surface area contributed by atoms with E-state index in [1.54, 1.807) is 31.2 Å². The van der Waals surface area contributed by atoms with Crippen LogP contribution in [0.25, 0.3) is 6.08 Å². The van der Waals surface area contributed by atoms with Crippen LogP contribution in [0.1, 0.15) is 90.6 Å². The molecule has 1 unspecified atom stereocenters. The summed E-state index contributed by atoms with van der Waals surface area (Å²) in [5.41, 5.74) is 2.42. The van der Waals surface area contributed by atoms with Crippen molar-refractivity contribution in [3.63, 3.8) is 0 Å². The predicted molar refractivity (Wildman–Crippen MR) is 175 cm³/mol. The summed E-state index contributed by atoms with van der Waals surface area (Å²) in [6, 6.07) is 7.83. The van der Waals surface area contributed by atoms with Gasteiger partial charge < -0.3 is 18.9 Å². The van der Waals surface area contributed by atoms with Crippen LogP contribution in [0.15, 0.2) is 51.4 Å². The average Bonchev–Trinajstić information content (AvgIpc) is 3.24. The van der Waals surface area contributed by atoms with Crippen LogP contribution < -0.4 is 29.1 Å². The zero-order valence-electron chi connectivity index (χ0n) is 28.1. The largest absolute Gasteiger partial charge is 0.493 e. The lowest BCUT2D eigenvalue weighted by molar-refractivity contribution is -0.136. The zero-order valence-corrected chi connectivity index (χ0v) is 28.9. The van der Waals surface area contributed by atoms with E-state index in [4.69, 9.17) is 18.9 Å². The molecule has 0 amide bonds. The molecule has 244 valence electrons. The molecule has 0 bridgehead atoms. The number of nitrogens with zero attached hydrogens (tertiary/aromatic N) is 2. The number of hydrogen-bond acceptors (Lipinski definition) is 10. The summed E-state index contributed by atoms with van der Waals surface area (Å²) in [6.45, 7) is 16.6. The maximum atomic E-state index is 14.2. The van der Waals surface area contributed by atoms with Crippen molar-refractivity contribution in [1.29, 1.82) is 0 Å². The number of fused-ring (bicyclic) bond motifs is 1. The molecule has 10 nitrogen and oxygen atoms in total. The van der Waals surface area contributed by atoms with Crippen molar-refractivity contribution in [1.82, 2.24) is 4.57 Å². The fourth-order valence-electron chi connectivity index (χ4n) is 5.36. The summed E-state index contributed by atoms with van der Waals surface area (Å²) in [7, 11) is 2.71. The first-order valence-electron chi connectivity index (χ1n) is 14.7. The van der Waals surface area contributed by atoms with E-state index >= 15 is 0 Å². The van der Waals surface area contributed by atoms with Gasteiger partial charge in [-0.05, 0) is 59.2 Å². The maximum absolute atomic E-state index is 14.2. The van der Waals surface area contributed by atoms with Crippen molar-refractivity contribution in [3.05, 3.63) is 83.5 Å². The first kappa shape index (κ1) is 34.4. The Morgan fingerprint density at radius 2 is 1.48 bits per heavy atom. The highest BCUT2D eigenvalue weighted by molar-refractivity contribution is 7.07. The lowest BCUT2D eigenvalue weighted by Gasteiger charge is -2.29. The first-order valence-corrected chi connectivity index (χ1v) is 15.5. The van der Waals surface area contributed by atoms with Crippen LogP contribution >= 0.6 is 11.3 Å². The zero-order chi connectivity index (χ0) is 34.3. The quantitative estimate of drug-likeness (QED) is 0.274. The number of methoxy groups -OCH3 is 2. The first-order chi connectivity index (χ1) is 21.4. The second-order valence-electron chi connectivity index (χ2n) is 13.1. The number of esters is 3. The summed E-state index contributed by atoms with van der Waals surface area (Å²) < 4.78 is 23.5. The minimum Gasteiger partial charge on any atom is -0.493 e. The standard InChI is InChI=1S/C35H40N2O8S/c1-18-28(32(41)43-11)29(22-12-13-25(44-19(2)38)26(17-22)42-10)37-31(40)27(46-33(37)36-18)16-21-14-23(34(4,5)6)30(45-20(3)39)24(15-21)35(7,8)9/h12-17,29H,1-11H3. The van der Waals surface area contributed by atoms with Gasteiger partial charge in [-0.1, -0.05) is 58.9 Å². The van der Waals surface area contributed by atoms with Crippen molar-refractivity contribution in [2.24, 2.45) is 4.99 Å². The second-order valence-corrected chi connectivity index (χ2v) is 14.1. The third kappa shape index (κ3) is 6.84. The Morgan fingerprint density at radius 1 is 0.891 bits per heavy atom. The predicted octanol–water partition coefficient (Wildman–Crippen LogP) is 4.86. The van der Waals surface area contributed by atoms with Gasteiger partial charge in [-0.2, -0.15) is 0 Å². The van der Waals surface area contributed by atoms with E-state index in [-0.39, 0.29) is 33.5 Å². The third-order valence-corrected chi connectivity index (χ3v) is 8.44. The molecule has 4 rings (SSSR count). The molecule has 1 aliphatic heterocycles. The van der Waals surface area contributed by atoms with Crippen LogP contribution in [0.5, 0.6) is 17.2 Å². The summed E-state index contributed by atoms with van der Waals surface area (Å²) >= 11 is 1.20. The molecule has 2 heterocycles. The Morgan fingerprint density at radius 3 is 1.98 bits per heavy atom. The second kappa shape index (κ2) is 12.7. The van der Waals surface area contributed by atoms with E-state index in [9.17, 15) is 19.2 Å². The Hall–Kier alpha value is -4.51. The number of ether oxygens (including phenoxy) is 4. The summed E-state index contributed by atoms with van der Waals surface area (Å²) in [4.78, 5) is 56.2. The van der Waals surface area contributed by atoms with E-state index in [1.807, 2.05) is 53.7 Å². The van der Waals surface area contributed by atoms with Crippen molar-refractivity contribution in [2.45, 2.75) is 79.2 Å². The fraction of sp³-hybridized carbons (Fsp3) is 0.400. The van der Waals surface area contributed by atoms with E-state index in [0.29, 0.717) is 26.3 Å². The molecule has 1 aliphatic rings. The Labute approximate surface area is 272 Å². The van der Waals surface area contributed by atoms with Crippen molar-refractivity contribution in [2.75, 3.05) is 14.2 Å². The van der Waals surface area contributed by atoms with Crippen molar-refractivity contribution >= 4 is 35.3 Å². The van der Waals surface area contributed by atoms with E-state index in [1.165, 1.54) is 44.0 Å². The van der Waals surface area contributed by atoms with Gasteiger partial charge >= 0.3 is 17.9 Å². The third-order valence-electron chi connectivity index (χ3n) is 7.45. The van der Waals surface area contributed by atoms with Gasteiger partial charge in [0.15, 0.2) is 16.3 Å². The molecule has 1 atom stereocenters. The van der Waals surface area contributed by atoms with Crippen molar-refractivity contribution in [3.8, 4) is 17.2 Å². The minimum atomic E-state index is -0.896. The topological polar surface area (TPSA) is 122 Å². The molecule has 0 N–H and O–H groups in total. The van der Waals surface area contributed by atoms with Crippen LogP contribution in [-0.4, -0.2) is 36.7 Å². The van der Waals surface area contributed by atoms with Gasteiger partial charge in [0.1, 0.15) is 5.75 Å². The number of allylic oxidation sites excluding steroid dienone is 1. The van der Waals surface area contributed by atoms with Gasteiger partial charge in [-0.15, -0.1) is 0 Å². The van der Waals surface area contributed by atoms with Crippen LogP contribution in [-0.2, 0) is 30.0 Å². The van der Waals surface area contributed by atoms with Gasteiger partial charge in [-0.25, -0.2) is 9.79 Å². The molecule has 46 heavy (non-hydrogen) atoms. The van der Waals surface area contributed by atoms with Gasteiger partial charge in [0.2, 0.25) is 0 Å². The molecule has 2 aromatic carbocycles. The minimum absolute atomic E-state index is 0.194. The number of aromatic nitrogens is 1. The monoisotopic (exact) mass is 648 g/mol. The number of carbonyl (C=O) groups is 3. The Kier molecular flexibility index (Phi) is 9.49. The molecule has 0 aliphatic carbocycles. The number of carbonyl (C=O) groups excluding carboxylic acids is 3. The summed E-state index contributed by atoms with van der Waals surface area (Å²) in [5.74, 6) is -0.578. The average molecular weight is 649 g/mol. The molecule has 0 spiro atoms. The van der Waals surface area contributed by atoms with Gasteiger partial charge in [0, 0.05) is 25.0 Å². The SMILES string of the molecule is COC(=O)C1=C(C)N=c2sc(=Cc3cc(C(C)(C)C)c(OC(C)=O)c(C(C)(C)C)c3)c(=O)n2C1c1ccc(OC(C)=O)c(OC)c1. The summed E-state index contributed by atoms with van der Waals surface area (Å²) in [5, 5.41) is 0. The molecule has 0 radical (unpaired) electrons. The molecular weight excluding hydrogens is 608 g/mol. The number of rotatable bonds is 6. The molecule has 0 fully saturated rings. The smallest absolute Gasteiger partial charge is 0.338 e. The number of benzene rings is 2. The van der Waals surface area contributed by atoms with E-state index in [0.717, 1.165) is 16.7 Å². The van der Waals surface area contributed by atoms with Crippen LogP contribution in [0, 0.1) is 0 Å². The molecule has 3 aromatic rings. The molecule has 11 heteroatoms. The normalized spacial score (nSPS) is 15.2. The molecule has 0 saturated heterocycles. The fourth-order valence-corrected chi connectivity index (χ4v) is 6.40. The van der Waals surface area contributed by atoms with E-state index in [2.05, 4.69) is 4.99 Å². The van der Waals surface area contributed by atoms with Crippen LogP contribution in [0.2, 0.25) is 0 Å². The number of hydrogen-bond donors (Lipinski definition) is 0. The molecule has 0 saturated carbocycles. The summed E-state index contributed by atoms with van der Waals surface area (Å²) in [6.07, 6.45) is 1.80. The number of thiazole rings is 1. The van der Waals surface area contributed by atoms with Gasteiger partial charge in [-0.3, -0.25) is 19.0 Å². The van der Waals surface area contributed by atoms with E-state index < -0.39 is 23.9 Å². The highest BCUT2D eigenvalue weighted by Gasteiger charge is 2.34. The Balaban J connectivity index is 2.02. The van der Waals surface area contributed by atoms with Crippen LogP contribution in [0.4, 0.5) is 0 Å². The lowest BCUT2D eigenvalue weighted by Crippen LogP contribution is -2.39. The highest BCUT2D eigenvalue weighted by atomic mass is 32.1. The Bertz CT molecular complexity index is 1920. The molecular formula is C35H40N2O8S. The van der Waals surface area contributed by atoms with Crippen molar-refractivity contribution < 1.29 is 33.3 Å². The van der Waals surface area contributed by atoms with Gasteiger partial charge in [0.05, 0.1) is 36.1 Å². The highest BCUT2D eigenvalue weighted by Crippen LogP contribution is 2.41. The lowest BCUT2D eigenvalue weighted by atomic mass is 9.78. The van der Waals surface area contributed by atoms with Gasteiger partial charge in [0.25, 0.3) is 5.56 Å². The maximum Gasteiger partial charge on any atom is 0.338 e.